The molecule has 0 saturated carbocycles. The first kappa shape index (κ1) is 39.3. The minimum absolute atomic E-state index is 0.00544. The molecule has 11 nitrogen and oxygen atoms in total. The molecule has 1 unspecified atom stereocenters. The monoisotopic (exact) mass is 766 g/mol. The number of aliphatic hydroxyl groups is 1. The first-order valence-corrected chi connectivity index (χ1v) is 19.6. The van der Waals surface area contributed by atoms with Gasteiger partial charge in [-0.05, 0) is 127 Å². The van der Waals surface area contributed by atoms with Crippen LogP contribution in [0, 0.1) is 20.8 Å². The number of ether oxygens (including phenoxy) is 3. The highest BCUT2D eigenvalue weighted by Crippen LogP contribution is 2.39. The molecule has 1 aliphatic rings. The van der Waals surface area contributed by atoms with Gasteiger partial charge in [-0.15, -0.1) is 0 Å². The number of phenols is 2. The molecule has 5 aromatic rings. The second-order valence-corrected chi connectivity index (χ2v) is 15.5. The lowest BCUT2D eigenvalue weighted by molar-refractivity contribution is -0.134. The lowest BCUT2D eigenvalue weighted by Gasteiger charge is -2.27. The van der Waals surface area contributed by atoms with Crippen molar-refractivity contribution < 1.29 is 42.7 Å². The Bertz CT molecular complexity index is 2220. The van der Waals surface area contributed by atoms with Crippen LogP contribution in [-0.2, 0) is 38.8 Å². The van der Waals surface area contributed by atoms with E-state index in [9.17, 15) is 28.5 Å². The SMILES string of the molecule is Cc1cc(CC(=O)N2CCOCC2)cc(Cc2c(CC(CO)NS(=O)(=O)c3ccccc3)cc(C)c(Oc3ccc(O)cc3)c2C)c1Oc1ccc(O)cc1. The zero-order chi connectivity index (χ0) is 39.1. The average Bonchev–Trinajstić information content (AvgIpc) is 3.18. The predicted molar refractivity (Wildman–Crippen MR) is 209 cm³/mol. The Labute approximate surface area is 321 Å². The van der Waals surface area contributed by atoms with Gasteiger partial charge >= 0.3 is 0 Å². The van der Waals surface area contributed by atoms with Crippen molar-refractivity contribution in [2.24, 2.45) is 0 Å². The smallest absolute Gasteiger partial charge is 0.240 e. The van der Waals surface area contributed by atoms with Crippen LogP contribution in [0.1, 0.15) is 38.9 Å². The van der Waals surface area contributed by atoms with Crippen molar-refractivity contribution >= 4 is 15.9 Å². The Morgan fingerprint density at radius 2 is 1.38 bits per heavy atom. The first-order chi connectivity index (χ1) is 26.4. The van der Waals surface area contributed by atoms with Crippen molar-refractivity contribution in [3.05, 3.63) is 136 Å². The number of hydrogen-bond acceptors (Lipinski definition) is 9. The molecule has 288 valence electrons. The van der Waals surface area contributed by atoms with Gasteiger partial charge in [0.25, 0.3) is 0 Å². The van der Waals surface area contributed by atoms with Crippen molar-refractivity contribution in [3.63, 3.8) is 0 Å². The summed E-state index contributed by atoms with van der Waals surface area (Å²) in [6, 6.07) is 25.9. The van der Waals surface area contributed by atoms with Crippen molar-refractivity contribution in [2.45, 2.75) is 51.0 Å². The van der Waals surface area contributed by atoms with E-state index in [4.69, 9.17) is 14.2 Å². The molecule has 0 spiro atoms. The number of hydrogen-bond donors (Lipinski definition) is 4. The molecule has 1 atom stereocenters. The van der Waals surface area contributed by atoms with Crippen LogP contribution in [0.25, 0.3) is 0 Å². The van der Waals surface area contributed by atoms with Gasteiger partial charge in [0.15, 0.2) is 0 Å². The molecule has 1 aliphatic heterocycles. The number of sulfonamides is 1. The summed E-state index contributed by atoms with van der Waals surface area (Å²) in [5.41, 5.74) is 5.55. The van der Waals surface area contributed by atoms with Crippen molar-refractivity contribution in [1.29, 1.82) is 0 Å². The third kappa shape index (κ3) is 9.83. The molecule has 0 radical (unpaired) electrons. The number of benzene rings is 5. The predicted octanol–water partition coefficient (Wildman–Crippen LogP) is 6.48. The van der Waals surface area contributed by atoms with Gasteiger partial charge < -0.3 is 34.4 Å². The highest BCUT2D eigenvalue weighted by molar-refractivity contribution is 7.89. The molecule has 6 rings (SSSR count). The van der Waals surface area contributed by atoms with Crippen LogP contribution in [-0.4, -0.2) is 73.5 Å². The number of aliphatic hydroxyl groups excluding tert-OH is 1. The van der Waals surface area contributed by atoms with Crippen molar-refractivity contribution in [3.8, 4) is 34.5 Å². The van der Waals surface area contributed by atoms with Gasteiger partial charge in [-0.1, -0.05) is 36.4 Å². The van der Waals surface area contributed by atoms with Crippen LogP contribution in [0.2, 0.25) is 0 Å². The normalized spacial score (nSPS) is 13.7. The van der Waals surface area contributed by atoms with Crippen LogP contribution in [0.3, 0.4) is 0 Å². The number of aromatic hydroxyl groups is 2. The number of rotatable bonds is 14. The Balaban J connectivity index is 1.44. The second kappa shape index (κ2) is 17.4. The lowest BCUT2D eigenvalue weighted by Crippen LogP contribution is -2.41. The Kier molecular flexibility index (Phi) is 12.4. The average molecular weight is 767 g/mol. The summed E-state index contributed by atoms with van der Waals surface area (Å²) in [5.74, 6) is 2.38. The van der Waals surface area contributed by atoms with E-state index in [0.29, 0.717) is 55.7 Å². The molecule has 55 heavy (non-hydrogen) atoms. The third-order valence-corrected chi connectivity index (χ3v) is 11.1. The molecule has 12 heteroatoms. The zero-order valence-corrected chi connectivity index (χ0v) is 31.9. The molecule has 1 saturated heterocycles. The summed E-state index contributed by atoms with van der Waals surface area (Å²) >= 11 is 0. The van der Waals surface area contributed by atoms with E-state index >= 15 is 0 Å². The molecular formula is C43H46N2O9S. The van der Waals surface area contributed by atoms with E-state index in [0.717, 1.165) is 38.9 Å². The molecule has 1 fully saturated rings. The minimum atomic E-state index is -3.95. The van der Waals surface area contributed by atoms with Crippen LogP contribution in [0.5, 0.6) is 34.5 Å². The topological polar surface area (TPSA) is 155 Å². The highest BCUT2D eigenvalue weighted by atomic mass is 32.2. The summed E-state index contributed by atoms with van der Waals surface area (Å²) in [6.45, 7) is 7.35. The van der Waals surface area contributed by atoms with Gasteiger partial charge in [0.05, 0.1) is 31.1 Å². The quantitative estimate of drug-likeness (QED) is 0.0995. The maximum Gasteiger partial charge on any atom is 0.240 e. The van der Waals surface area contributed by atoms with E-state index < -0.39 is 22.7 Å². The molecule has 0 aliphatic carbocycles. The maximum atomic E-state index is 13.4. The molecule has 4 N–H and O–H groups in total. The van der Waals surface area contributed by atoms with E-state index in [1.54, 1.807) is 71.6 Å². The van der Waals surface area contributed by atoms with Crippen molar-refractivity contribution in [1.82, 2.24) is 9.62 Å². The van der Waals surface area contributed by atoms with Crippen LogP contribution < -0.4 is 14.2 Å². The van der Waals surface area contributed by atoms with Crippen LogP contribution in [0.15, 0.2) is 102 Å². The molecule has 0 bridgehead atoms. The van der Waals surface area contributed by atoms with Gasteiger partial charge in [-0.2, -0.15) is 0 Å². The number of phenolic OH excluding ortho intramolecular Hbond substituents is 2. The van der Waals surface area contributed by atoms with Gasteiger partial charge in [0.1, 0.15) is 34.5 Å². The van der Waals surface area contributed by atoms with Gasteiger partial charge in [-0.25, -0.2) is 13.1 Å². The first-order valence-electron chi connectivity index (χ1n) is 18.1. The fourth-order valence-electron chi connectivity index (χ4n) is 6.83. The van der Waals surface area contributed by atoms with Gasteiger partial charge in [-0.3, -0.25) is 4.79 Å². The lowest BCUT2D eigenvalue weighted by atomic mass is 9.88. The standard InChI is InChI=1S/C43H46N2O9S/c1-28-21-31(24-41(49)45-17-19-52-20-18-45)23-33(43(28)54-38-15-11-36(48)12-16-38)26-40-30(3)42(53-37-13-9-35(47)10-14-37)29(2)22-32(40)25-34(27-46)44-55(50,51)39-7-5-4-6-8-39/h4-16,21-23,34,44,46-48H,17-20,24-27H2,1-3H3. The number of aryl methyl sites for hydroxylation is 2. The number of morpholine rings is 1. The zero-order valence-electron chi connectivity index (χ0n) is 31.1. The van der Waals surface area contributed by atoms with E-state index in [2.05, 4.69) is 4.72 Å². The molecular weight excluding hydrogens is 721 g/mol. The number of nitrogens with zero attached hydrogens (tertiary/aromatic N) is 1. The third-order valence-electron chi connectivity index (χ3n) is 9.60. The summed E-state index contributed by atoms with van der Waals surface area (Å²) in [4.78, 5) is 15.3. The Morgan fingerprint density at radius 1 is 0.800 bits per heavy atom. The molecule has 1 heterocycles. The minimum Gasteiger partial charge on any atom is -0.508 e. The summed E-state index contributed by atoms with van der Waals surface area (Å²) in [5, 5.41) is 30.3. The number of amides is 1. The molecule has 0 aromatic heterocycles. The molecule has 5 aromatic carbocycles. The largest absolute Gasteiger partial charge is 0.508 e. The van der Waals surface area contributed by atoms with Crippen LogP contribution in [0.4, 0.5) is 0 Å². The summed E-state index contributed by atoms with van der Waals surface area (Å²) in [6.07, 6.45) is 0.627. The van der Waals surface area contributed by atoms with E-state index in [1.165, 1.54) is 12.1 Å². The molecule has 1 amide bonds. The summed E-state index contributed by atoms with van der Waals surface area (Å²) in [7, 11) is -3.95. The van der Waals surface area contributed by atoms with Gasteiger partial charge in [0, 0.05) is 25.6 Å². The number of nitrogens with one attached hydrogen (secondary N) is 1. The number of carbonyl (C=O) groups is 1. The Hall–Kier alpha value is -5.40. The fraction of sp³-hybridized carbons (Fsp3) is 0.279. The number of carbonyl (C=O) groups excluding carboxylic acids is 1. The van der Waals surface area contributed by atoms with Crippen LogP contribution >= 0.6 is 0 Å². The van der Waals surface area contributed by atoms with Crippen molar-refractivity contribution in [2.75, 3.05) is 32.9 Å². The van der Waals surface area contributed by atoms with E-state index in [-0.39, 0.29) is 35.1 Å². The second-order valence-electron chi connectivity index (χ2n) is 13.7. The maximum absolute atomic E-state index is 13.4. The Morgan fingerprint density at radius 3 is 1.98 bits per heavy atom. The summed E-state index contributed by atoms with van der Waals surface area (Å²) < 4.78 is 47.8. The fourth-order valence-corrected chi connectivity index (χ4v) is 8.08. The van der Waals surface area contributed by atoms with Gasteiger partial charge in [0.2, 0.25) is 15.9 Å². The highest BCUT2D eigenvalue weighted by Gasteiger charge is 2.25. The van der Waals surface area contributed by atoms with E-state index in [1.807, 2.05) is 39.0 Å².